The number of hydrogen-bond donors (Lipinski definition) is 2. The minimum absolute atomic E-state index is 0.0428. The Balaban J connectivity index is 1.55. The highest BCUT2D eigenvalue weighted by Gasteiger charge is 2.32. The molecule has 0 bridgehead atoms. The number of rotatable bonds is 5. The van der Waals surface area contributed by atoms with Crippen molar-refractivity contribution >= 4 is 57.6 Å². The highest BCUT2D eigenvalue weighted by molar-refractivity contribution is 8.15. The lowest BCUT2D eigenvalue weighted by Gasteiger charge is -2.08. The molecule has 1 aliphatic rings. The average molecular weight is 408 g/mol. The van der Waals surface area contributed by atoms with E-state index in [2.05, 4.69) is 15.6 Å². The van der Waals surface area contributed by atoms with E-state index in [9.17, 15) is 9.59 Å². The standard InChI is InChI=1S/C18H15Cl2N3O2S/c19-13-7-6-12(8-14(13)20)22-16(24)9-15-17(25)23-18(26-15)21-10-11-4-2-1-3-5-11/h1-8,15H,9-10H2,(H,22,24)(H,21,23,25). The number of benzene rings is 2. The molecule has 2 aromatic rings. The number of amidine groups is 1. The lowest BCUT2D eigenvalue weighted by Crippen LogP contribution is -2.28. The van der Waals surface area contributed by atoms with Crippen molar-refractivity contribution in [3.05, 3.63) is 64.1 Å². The summed E-state index contributed by atoms with van der Waals surface area (Å²) in [5, 5.41) is 6.22. The maximum absolute atomic E-state index is 12.2. The van der Waals surface area contributed by atoms with E-state index in [4.69, 9.17) is 23.2 Å². The van der Waals surface area contributed by atoms with Gasteiger partial charge in [0.15, 0.2) is 5.17 Å². The molecular formula is C18H15Cl2N3O2S. The largest absolute Gasteiger partial charge is 0.326 e. The molecule has 3 rings (SSSR count). The molecule has 5 nitrogen and oxygen atoms in total. The van der Waals surface area contributed by atoms with Crippen LogP contribution in [0.4, 0.5) is 5.69 Å². The van der Waals surface area contributed by atoms with Gasteiger partial charge in [0, 0.05) is 12.1 Å². The lowest BCUT2D eigenvalue weighted by molar-refractivity contribution is -0.122. The Morgan fingerprint density at radius 2 is 1.92 bits per heavy atom. The van der Waals surface area contributed by atoms with Crippen molar-refractivity contribution in [1.82, 2.24) is 5.32 Å². The molecule has 1 fully saturated rings. The van der Waals surface area contributed by atoms with Crippen molar-refractivity contribution < 1.29 is 9.59 Å². The zero-order valence-corrected chi connectivity index (χ0v) is 15.9. The molecule has 0 radical (unpaired) electrons. The van der Waals surface area contributed by atoms with Crippen LogP contribution in [0, 0.1) is 0 Å². The second kappa shape index (κ2) is 8.58. The Morgan fingerprint density at radius 3 is 2.65 bits per heavy atom. The number of nitrogens with zero attached hydrogens (tertiary/aromatic N) is 1. The summed E-state index contributed by atoms with van der Waals surface area (Å²) in [6.45, 7) is 0.478. The molecule has 0 aliphatic carbocycles. The van der Waals surface area contributed by atoms with Gasteiger partial charge in [0.25, 0.3) is 0 Å². The molecule has 2 aromatic carbocycles. The van der Waals surface area contributed by atoms with Crippen molar-refractivity contribution in [1.29, 1.82) is 0 Å². The van der Waals surface area contributed by atoms with Crippen LogP contribution in [0.3, 0.4) is 0 Å². The fourth-order valence-electron chi connectivity index (χ4n) is 2.32. The van der Waals surface area contributed by atoms with Crippen LogP contribution in [0.5, 0.6) is 0 Å². The molecule has 1 heterocycles. The molecule has 134 valence electrons. The van der Waals surface area contributed by atoms with Gasteiger partial charge in [-0.15, -0.1) is 0 Å². The summed E-state index contributed by atoms with van der Waals surface area (Å²) in [7, 11) is 0. The van der Waals surface area contributed by atoms with Gasteiger partial charge in [-0.2, -0.15) is 0 Å². The van der Waals surface area contributed by atoms with Gasteiger partial charge in [0.05, 0.1) is 16.6 Å². The zero-order valence-electron chi connectivity index (χ0n) is 13.5. The van der Waals surface area contributed by atoms with E-state index >= 15 is 0 Å². The van der Waals surface area contributed by atoms with E-state index in [1.165, 1.54) is 11.8 Å². The van der Waals surface area contributed by atoms with Crippen molar-refractivity contribution in [2.75, 3.05) is 5.32 Å². The predicted molar refractivity (Wildman–Crippen MR) is 107 cm³/mol. The first-order valence-corrected chi connectivity index (χ1v) is 9.45. The summed E-state index contributed by atoms with van der Waals surface area (Å²) in [5.41, 5.74) is 1.58. The molecule has 1 aliphatic heterocycles. The Labute approximate surface area is 165 Å². The quantitative estimate of drug-likeness (QED) is 0.782. The topological polar surface area (TPSA) is 70.6 Å². The molecule has 2 amide bonds. The van der Waals surface area contributed by atoms with E-state index in [0.29, 0.717) is 27.4 Å². The third-order valence-electron chi connectivity index (χ3n) is 3.60. The summed E-state index contributed by atoms with van der Waals surface area (Å²) < 4.78 is 0. The van der Waals surface area contributed by atoms with Crippen molar-refractivity contribution in [2.24, 2.45) is 4.99 Å². The predicted octanol–water partition coefficient (Wildman–Crippen LogP) is 4.11. The number of carbonyl (C=O) groups excluding carboxylic acids is 2. The van der Waals surface area contributed by atoms with Crippen LogP contribution < -0.4 is 10.6 Å². The fourth-order valence-corrected chi connectivity index (χ4v) is 3.58. The summed E-state index contributed by atoms with van der Waals surface area (Å²) >= 11 is 13.0. The molecule has 1 unspecified atom stereocenters. The number of thioether (sulfide) groups is 1. The summed E-state index contributed by atoms with van der Waals surface area (Å²) in [6.07, 6.45) is 0.0428. The number of halogens is 2. The van der Waals surface area contributed by atoms with E-state index in [0.717, 1.165) is 5.56 Å². The van der Waals surface area contributed by atoms with Gasteiger partial charge in [0.1, 0.15) is 5.25 Å². The third-order valence-corrected chi connectivity index (χ3v) is 5.46. The zero-order chi connectivity index (χ0) is 18.5. The van der Waals surface area contributed by atoms with E-state index in [1.807, 2.05) is 30.3 Å². The van der Waals surface area contributed by atoms with Gasteiger partial charge < -0.3 is 10.6 Å². The molecular weight excluding hydrogens is 393 g/mol. The number of anilines is 1. The minimum Gasteiger partial charge on any atom is -0.326 e. The number of carbonyl (C=O) groups is 2. The Bertz CT molecular complexity index is 859. The maximum Gasteiger partial charge on any atom is 0.240 e. The second-order valence-corrected chi connectivity index (χ2v) is 7.59. The molecule has 1 atom stereocenters. The Morgan fingerprint density at radius 1 is 1.15 bits per heavy atom. The lowest BCUT2D eigenvalue weighted by atomic mass is 10.2. The van der Waals surface area contributed by atoms with Gasteiger partial charge in [0.2, 0.25) is 11.8 Å². The van der Waals surface area contributed by atoms with Gasteiger partial charge in [-0.3, -0.25) is 14.6 Å². The van der Waals surface area contributed by atoms with E-state index in [1.54, 1.807) is 18.2 Å². The smallest absolute Gasteiger partial charge is 0.240 e. The molecule has 8 heteroatoms. The van der Waals surface area contributed by atoms with Gasteiger partial charge in [-0.1, -0.05) is 65.3 Å². The molecule has 0 saturated carbocycles. The number of nitrogens with one attached hydrogen (secondary N) is 2. The Hall–Kier alpha value is -2.02. The van der Waals surface area contributed by atoms with Crippen LogP contribution >= 0.6 is 35.0 Å². The Kier molecular flexibility index (Phi) is 6.19. The van der Waals surface area contributed by atoms with Crippen LogP contribution in [0.1, 0.15) is 12.0 Å². The first kappa shape index (κ1) is 18.8. The van der Waals surface area contributed by atoms with Crippen LogP contribution in [0.15, 0.2) is 53.5 Å². The summed E-state index contributed by atoms with van der Waals surface area (Å²) in [4.78, 5) is 28.6. The maximum atomic E-state index is 12.2. The number of amides is 2. The molecule has 0 spiro atoms. The summed E-state index contributed by atoms with van der Waals surface area (Å²) in [6, 6.07) is 14.6. The molecule has 2 N–H and O–H groups in total. The first-order chi connectivity index (χ1) is 12.5. The third kappa shape index (κ3) is 5.00. The van der Waals surface area contributed by atoms with Crippen LogP contribution in [0.25, 0.3) is 0 Å². The van der Waals surface area contributed by atoms with Crippen molar-refractivity contribution in [3.63, 3.8) is 0 Å². The minimum atomic E-state index is -0.507. The number of hydrogen-bond acceptors (Lipinski definition) is 4. The highest BCUT2D eigenvalue weighted by Crippen LogP contribution is 2.26. The second-order valence-electron chi connectivity index (χ2n) is 5.58. The first-order valence-electron chi connectivity index (χ1n) is 7.82. The van der Waals surface area contributed by atoms with E-state index < -0.39 is 5.25 Å². The molecule has 1 saturated heterocycles. The average Bonchev–Trinajstić information content (AvgIpc) is 2.97. The SMILES string of the molecule is O=C(CC1SC(=NCc2ccccc2)NC1=O)Nc1ccc(Cl)c(Cl)c1. The molecule has 26 heavy (non-hydrogen) atoms. The monoisotopic (exact) mass is 407 g/mol. The van der Waals surface area contributed by atoms with Crippen molar-refractivity contribution in [2.45, 2.75) is 18.2 Å². The van der Waals surface area contributed by atoms with Crippen molar-refractivity contribution in [3.8, 4) is 0 Å². The van der Waals surface area contributed by atoms with E-state index in [-0.39, 0.29) is 18.2 Å². The fraction of sp³-hybridized carbons (Fsp3) is 0.167. The van der Waals surface area contributed by atoms with Gasteiger partial charge >= 0.3 is 0 Å². The highest BCUT2D eigenvalue weighted by atomic mass is 35.5. The van der Waals surface area contributed by atoms with Gasteiger partial charge in [-0.25, -0.2) is 0 Å². The van der Waals surface area contributed by atoms with Crippen LogP contribution in [-0.2, 0) is 16.1 Å². The summed E-state index contributed by atoms with van der Waals surface area (Å²) in [5.74, 6) is -0.494. The molecule has 0 aromatic heterocycles. The van der Waals surface area contributed by atoms with Crippen LogP contribution in [-0.4, -0.2) is 22.2 Å². The van der Waals surface area contributed by atoms with Crippen LogP contribution in [0.2, 0.25) is 10.0 Å². The van der Waals surface area contributed by atoms with Gasteiger partial charge in [-0.05, 0) is 23.8 Å². The number of aliphatic imine (C=N–C) groups is 1. The normalized spacial score (nSPS) is 18.0.